The van der Waals surface area contributed by atoms with Crippen LogP contribution in [0.1, 0.15) is 47.4 Å². The first-order valence-corrected chi connectivity index (χ1v) is 10.0. The van der Waals surface area contributed by atoms with E-state index in [1.165, 1.54) is 0 Å². The van der Waals surface area contributed by atoms with Crippen LogP contribution in [0.4, 0.5) is 5.69 Å². The predicted octanol–water partition coefficient (Wildman–Crippen LogP) is 2.37. The lowest BCUT2D eigenvalue weighted by molar-refractivity contribution is 0.102. The molecule has 0 radical (unpaired) electrons. The number of nitrogens with zero attached hydrogens (tertiary/aromatic N) is 2. The molecule has 4 rings (SSSR count). The molecule has 126 valence electrons. The van der Waals surface area contributed by atoms with E-state index >= 15 is 0 Å². The number of nitrogens with one attached hydrogen (secondary N) is 1. The van der Waals surface area contributed by atoms with Gasteiger partial charge in [-0.1, -0.05) is 18.2 Å². The van der Waals surface area contributed by atoms with Crippen LogP contribution in [0, 0.1) is 0 Å². The predicted molar refractivity (Wildman–Crippen MR) is 90.9 cm³/mol. The number of anilines is 1. The third kappa shape index (κ3) is 3.08. The number of benzene rings is 1. The van der Waals surface area contributed by atoms with Gasteiger partial charge in [-0.15, -0.1) is 0 Å². The smallest absolute Gasteiger partial charge is 0.276 e. The lowest BCUT2D eigenvalue weighted by Crippen LogP contribution is -2.17. The van der Waals surface area contributed by atoms with Crippen molar-refractivity contribution in [1.82, 2.24) is 9.78 Å². The second-order valence-electron chi connectivity index (χ2n) is 6.55. The Hall–Kier alpha value is -2.15. The normalized spacial score (nSPS) is 22.4. The molecule has 1 unspecified atom stereocenters. The molecule has 1 aromatic carbocycles. The minimum Gasteiger partial charge on any atom is -0.321 e. The molecule has 1 aliphatic carbocycles. The number of carbonyl (C=O) groups is 1. The number of carbonyl (C=O) groups excluding carboxylic acids is 1. The summed E-state index contributed by atoms with van der Waals surface area (Å²) in [5.74, 6) is 0.461. The first-order valence-electron chi connectivity index (χ1n) is 8.18. The van der Waals surface area contributed by atoms with Crippen molar-refractivity contribution in [3.63, 3.8) is 0 Å². The van der Waals surface area contributed by atoms with Crippen molar-refractivity contribution in [2.75, 3.05) is 16.8 Å². The summed E-state index contributed by atoms with van der Waals surface area (Å²) in [6, 6.07) is 10.9. The van der Waals surface area contributed by atoms with E-state index in [4.69, 9.17) is 0 Å². The highest BCUT2D eigenvalue weighted by atomic mass is 32.2. The van der Waals surface area contributed by atoms with E-state index < -0.39 is 9.84 Å². The van der Waals surface area contributed by atoms with E-state index in [0.29, 0.717) is 23.7 Å². The molecule has 1 amide bonds. The second kappa shape index (κ2) is 5.73. The minimum atomic E-state index is -2.99. The molecule has 0 bridgehead atoms. The van der Waals surface area contributed by atoms with Gasteiger partial charge in [-0.3, -0.25) is 9.48 Å². The van der Waals surface area contributed by atoms with Crippen molar-refractivity contribution in [1.29, 1.82) is 0 Å². The van der Waals surface area contributed by atoms with E-state index in [1.807, 2.05) is 36.4 Å². The van der Waals surface area contributed by atoms with Gasteiger partial charge >= 0.3 is 0 Å². The van der Waals surface area contributed by atoms with Crippen molar-refractivity contribution in [2.24, 2.45) is 0 Å². The van der Waals surface area contributed by atoms with Crippen molar-refractivity contribution in [3.8, 4) is 0 Å². The molecular formula is C17H19N3O3S. The largest absolute Gasteiger partial charge is 0.321 e. The standard InChI is InChI=1S/C17H19N3O3S/c21-17(18-13-4-2-1-3-5-13)15-10-16(12-6-7-12)20(19-15)14-8-9-24(22,23)11-14/h1-5,10,12,14H,6-9,11H2,(H,18,21). The second-order valence-corrected chi connectivity index (χ2v) is 8.78. The van der Waals surface area contributed by atoms with Crippen LogP contribution in [0.5, 0.6) is 0 Å². The van der Waals surface area contributed by atoms with Crippen LogP contribution in [0.3, 0.4) is 0 Å². The Morgan fingerprint density at radius 2 is 1.92 bits per heavy atom. The number of para-hydroxylation sites is 1. The molecule has 1 N–H and O–H groups in total. The summed E-state index contributed by atoms with van der Waals surface area (Å²) in [4.78, 5) is 12.5. The molecule has 7 heteroatoms. The SMILES string of the molecule is O=C(Nc1ccccc1)c1cc(C2CC2)n(C2CCS(=O)(=O)C2)n1. The molecule has 2 aliphatic rings. The molecule has 1 saturated heterocycles. The van der Waals surface area contributed by atoms with Gasteiger partial charge in [0.05, 0.1) is 17.5 Å². The Balaban J connectivity index is 1.60. The lowest BCUT2D eigenvalue weighted by Gasteiger charge is -2.12. The van der Waals surface area contributed by atoms with E-state index in [9.17, 15) is 13.2 Å². The molecule has 2 fully saturated rings. The molecule has 0 spiro atoms. The average molecular weight is 345 g/mol. The molecule has 1 aromatic heterocycles. The van der Waals surface area contributed by atoms with Crippen LogP contribution < -0.4 is 5.32 Å². The quantitative estimate of drug-likeness (QED) is 0.922. The van der Waals surface area contributed by atoms with Crippen LogP contribution in [-0.2, 0) is 9.84 Å². The zero-order valence-corrected chi connectivity index (χ0v) is 14.0. The molecular weight excluding hydrogens is 326 g/mol. The molecule has 2 heterocycles. The number of hydrogen-bond donors (Lipinski definition) is 1. The van der Waals surface area contributed by atoms with Crippen LogP contribution >= 0.6 is 0 Å². The summed E-state index contributed by atoms with van der Waals surface area (Å²) in [5, 5.41) is 7.29. The number of hydrogen-bond acceptors (Lipinski definition) is 4. The van der Waals surface area contributed by atoms with Crippen LogP contribution in [0.2, 0.25) is 0 Å². The van der Waals surface area contributed by atoms with Gasteiger partial charge in [-0.05, 0) is 37.5 Å². The Bertz CT molecular complexity index is 870. The van der Waals surface area contributed by atoms with E-state index in [-0.39, 0.29) is 23.5 Å². The summed E-state index contributed by atoms with van der Waals surface area (Å²) in [7, 11) is -2.99. The van der Waals surface area contributed by atoms with E-state index in [1.54, 1.807) is 4.68 Å². The Kier molecular flexibility index (Phi) is 3.68. The maximum Gasteiger partial charge on any atom is 0.276 e. The fourth-order valence-corrected chi connectivity index (χ4v) is 4.87. The van der Waals surface area contributed by atoms with Crippen molar-refractivity contribution in [3.05, 3.63) is 47.8 Å². The van der Waals surface area contributed by atoms with Crippen LogP contribution in [-0.4, -0.2) is 35.6 Å². The highest BCUT2D eigenvalue weighted by Gasteiger charge is 2.36. The van der Waals surface area contributed by atoms with Crippen LogP contribution in [0.25, 0.3) is 0 Å². The summed E-state index contributed by atoms with van der Waals surface area (Å²) >= 11 is 0. The lowest BCUT2D eigenvalue weighted by atomic mass is 10.2. The van der Waals surface area contributed by atoms with Gasteiger partial charge in [0, 0.05) is 17.3 Å². The monoisotopic (exact) mass is 345 g/mol. The highest BCUT2D eigenvalue weighted by molar-refractivity contribution is 7.91. The highest BCUT2D eigenvalue weighted by Crippen LogP contribution is 2.42. The fourth-order valence-electron chi connectivity index (χ4n) is 3.18. The van der Waals surface area contributed by atoms with E-state index in [2.05, 4.69) is 10.4 Å². The van der Waals surface area contributed by atoms with Gasteiger partial charge < -0.3 is 5.32 Å². The number of sulfone groups is 1. The zero-order chi connectivity index (χ0) is 16.7. The van der Waals surface area contributed by atoms with Crippen molar-refractivity contribution < 1.29 is 13.2 Å². The Morgan fingerprint density at radius 3 is 2.54 bits per heavy atom. The molecule has 1 aliphatic heterocycles. The molecule has 2 aromatic rings. The number of aromatic nitrogens is 2. The van der Waals surface area contributed by atoms with Gasteiger partial charge in [0.15, 0.2) is 15.5 Å². The molecule has 1 saturated carbocycles. The van der Waals surface area contributed by atoms with Crippen LogP contribution in [0.15, 0.2) is 36.4 Å². The first-order chi connectivity index (χ1) is 11.5. The van der Waals surface area contributed by atoms with Gasteiger partial charge in [-0.25, -0.2) is 8.42 Å². The van der Waals surface area contributed by atoms with Gasteiger partial charge in [0.2, 0.25) is 0 Å². The third-order valence-electron chi connectivity index (χ3n) is 4.58. The van der Waals surface area contributed by atoms with Gasteiger partial charge in [-0.2, -0.15) is 5.10 Å². The Labute approximate surface area is 140 Å². The molecule has 1 atom stereocenters. The summed E-state index contributed by atoms with van der Waals surface area (Å²) in [5.41, 5.74) is 2.06. The minimum absolute atomic E-state index is 0.119. The van der Waals surface area contributed by atoms with Gasteiger partial charge in [0.25, 0.3) is 5.91 Å². The van der Waals surface area contributed by atoms with Crippen molar-refractivity contribution >= 4 is 21.4 Å². The first kappa shape index (κ1) is 15.4. The third-order valence-corrected chi connectivity index (χ3v) is 6.33. The summed E-state index contributed by atoms with van der Waals surface area (Å²) in [6.45, 7) is 0. The summed E-state index contributed by atoms with van der Waals surface area (Å²) < 4.78 is 25.3. The zero-order valence-electron chi connectivity index (χ0n) is 13.2. The number of amides is 1. The molecule has 6 nitrogen and oxygen atoms in total. The summed E-state index contributed by atoms with van der Waals surface area (Å²) in [6.07, 6.45) is 2.72. The average Bonchev–Trinajstić information content (AvgIpc) is 3.20. The molecule has 24 heavy (non-hydrogen) atoms. The number of rotatable bonds is 4. The maximum atomic E-state index is 12.5. The fraction of sp³-hybridized carbons (Fsp3) is 0.412. The van der Waals surface area contributed by atoms with E-state index in [0.717, 1.165) is 18.5 Å². The topological polar surface area (TPSA) is 81.1 Å². The van der Waals surface area contributed by atoms with Crippen molar-refractivity contribution in [2.45, 2.75) is 31.2 Å². The Morgan fingerprint density at radius 1 is 1.17 bits per heavy atom. The van der Waals surface area contributed by atoms with Gasteiger partial charge in [0.1, 0.15) is 0 Å². The maximum absolute atomic E-state index is 12.5.